The Morgan fingerprint density at radius 1 is 1.31 bits per heavy atom. The summed E-state index contributed by atoms with van der Waals surface area (Å²) in [6, 6.07) is 7.40. The second-order valence-corrected chi connectivity index (χ2v) is 3.39. The van der Waals surface area contributed by atoms with Gasteiger partial charge in [-0.2, -0.15) is 0 Å². The van der Waals surface area contributed by atoms with Crippen molar-refractivity contribution in [3.8, 4) is 5.75 Å². The maximum Gasteiger partial charge on any atom is 0.367 e. The fraction of sp³-hybridized carbons (Fsp3) is 0.167. The highest BCUT2D eigenvalue weighted by molar-refractivity contribution is 6.24. The summed E-state index contributed by atoms with van der Waals surface area (Å²) in [6.07, 6.45) is 1.74. The van der Waals surface area contributed by atoms with Gasteiger partial charge in [-0.1, -0.05) is 17.3 Å². The van der Waals surface area contributed by atoms with E-state index in [9.17, 15) is 4.79 Å². The van der Waals surface area contributed by atoms with Crippen LogP contribution in [0.25, 0.3) is 6.08 Å². The first kappa shape index (κ1) is 10.4. The van der Waals surface area contributed by atoms with Gasteiger partial charge in [-0.05, 0) is 30.7 Å². The fourth-order valence-electron chi connectivity index (χ4n) is 1.39. The predicted octanol–water partition coefficient (Wildman–Crippen LogP) is 2.01. The number of carbonyl (C=O) groups is 1. The smallest absolute Gasteiger partial charge is 0.367 e. The van der Waals surface area contributed by atoms with Crippen LogP contribution in [0, 0.1) is 0 Å². The quantitative estimate of drug-likeness (QED) is 0.562. The minimum Gasteiger partial charge on any atom is -0.497 e. The van der Waals surface area contributed by atoms with Crippen molar-refractivity contribution in [1.82, 2.24) is 0 Å². The van der Waals surface area contributed by atoms with E-state index in [2.05, 4.69) is 9.99 Å². The van der Waals surface area contributed by atoms with Crippen molar-refractivity contribution in [3.05, 3.63) is 35.4 Å². The molecule has 1 aromatic rings. The predicted molar refractivity (Wildman–Crippen MR) is 60.2 cm³/mol. The molecule has 0 spiro atoms. The second-order valence-electron chi connectivity index (χ2n) is 3.39. The molecule has 0 aromatic heterocycles. The van der Waals surface area contributed by atoms with Crippen LogP contribution in [0.5, 0.6) is 5.75 Å². The average molecular weight is 217 g/mol. The van der Waals surface area contributed by atoms with Gasteiger partial charge in [-0.3, -0.25) is 0 Å². The van der Waals surface area contributed by atoms with Gasteiger partial charge >= 0.3 is 5.97 Å². The van der Waals surface area contributed by atoms with Gasteiger partial charge in [-0.25, -0.2) is 4.79 Å². The molecule has 1 aliphatic heterocycles. The normalized spacial score (nSPS) is 17.2. The minimum atomic E-state index is -0.409. The first-order chi connectivity index (χ1) is 7.70. The summed E-state index contributed by atoms with van der Waals surface area (Å²) in [5.41, 5.74) is 2.00. The Balaban J connectivity index is 2.28. The van der Waals surface area contributed by atoms with E-state index in [0.717, 1.165) is 11.3 Å². The number of hydrogen-bond acceptors (Lipinski definition) is 4. The maximum absolute atomic E-state index is 11.3. The molecule has 0 radical (unpaired) electrons. The Morgan fingerprint density at radius 2 is 2.00 bits per heavy atom. The molecule has 0 unspecified atom stereocenters. The van der Waals surface area contributed by atoms with Gasteiger partial charge in [0, 0.05) is 0 Å². The Labute approximate surface area is 93.2 Å². The van der Waals surface area contributed by atoms with Crippen LogP contribution in [0.15, 0.2) is 35.0 Å². The lowest BCUT2D eigenvalue weighted by Crippen LogP contribution is -2.01. The SMILES string of the molecule is COc1ccc(/C=C2\C(=O)ON=C2C)cc1. The third kappa shape index (κ3) is 1.95. The van der Waals surface area contributed by atoms with E-state index in [-0.39, 0.29) is 0 Å². The number of carbonyl (C=O) groups excluding carboxylic acids is 1. The van der Waals surface area contributed by atoms with E-state index in [1.54, 1.807) is 20.1 Å². The monoisotopic (exact) mass is 217 g/mol. The van der Waals surface area contributed by atoms with E-state index < -0.39 is 5.97 Å². The van der Waals surface area contributed by atoms with Crippen LogP contribution in [-0.4, -0.2) is 18.8 Å². The highest BCUT2D eigenvalue weighted by atomic mass is 16.7. The van der Waals surface area contributed by atoms with Crippen LogP contribution in [0.2, 0.25) is 0 Å². The molecule has 82 valence electrons. The molecule has 16 heavy (non-hydrogen) atoms. The zero-order chi connectivity index (χ0) is 11.5. The third-order valence-electron chi connectivity index (χ3n) is 2.30. The Morgan fingerprint density at radius 3 is 2.50 bits per heavy atom. The molecule has 0 aliphatic carbocycles. The van der Waals surface area contributed by atoms with Gasteiger partial charge in [0.25, 0.3) is 0 Å². The molecule has 0 saturated heterocycles. The highest BCUT2D eigenvalue weighted by Gasteiger charge is 2.21. The summed E-state index contributed by atoms with van der Waals surface area (Å²) < 4.78 is 5.05. The van der Waals surface area contributed by atoms with Gasteiger partial charge in [-0.15, -0.1) is 0 Å². The molecule has 0 fully saturated rings. The van der Waals surface area contributed by atoms with Crippen molar-refractivity contribution in [2.24, 2.45) is 5.16 Å². The summed E-state index contributed by atoms with van der Waals surface area (Å²) in [4.78, 5) is 15.8. The summed E-state index contributed by atoms with van der Waals surface area (Å²) >= 11 is 0. The number of rotatable bonds is 2. The van der Waals surface area contributed by atoms with Gasteiger partial charge in [0.15, 0.2) is 0 Å². The third-order valence-corrected chi connectivity index (χ3v) is 2.30. The van der Waals surface area contributed by atoms with Crippen molar-refractivity contribution in [2.75, 3.05) is 7.11 Å². The molecule has 1 heterocycles. The molecule has 0 N–H and O–H groups in total. The molecule has 4 heteroatoms. The van der Waals surface area contributed by atoms with E-state index in [4.69, 9.17) is 4.74 Å². The van der Waals surface area contributed by atoms with Crippen LogP contribution in [0.1, 0.15) is 12.5 Å². The molecule has 1 aliphatic rings. The summed E-state index contributed by atoms with van der Waals surface area (Å²) in [7, 11) is 1.61. The Bertz CT molecular complexity index is 472. The van der Waals surface area contributed by atoms with Crippen LogP contribution >= 0.6 is 0 Å². The molecule has 1 aromatic carbocycles. The first-order valence-corrected chi connectivity index (χ1v) is 4.83. The average Bonchev–Trinajstić information content (AvgIpc) is 2.62. The van der Waals surface area contributed by atoms with E-state index in [1.165, 1.54) is 0 Å². The highest BCUT2D eigenvalue weighted by Crippen LogP contribution is 2.17. The number of nitrogens with zero attached hydrogens (tertiary/aromatic N) is 1. The second kappa shape index (κ2) is 4.18. The van der Waals surface area contributed by atoms with E-state index in [1.807, 2.05) is 24.3 Å². The number of oxime groups is 1. The van der Waals surface area contributed by atoms with Crippen LogP contribution < -0.4 is 4.74 Å². The molecule has 2 rings (SSSR count). The van der Waals surface area contributed by atoms with E-state index >= 15 is 0 Å². The van der Waals surface area contributed by atoms with Crippen molar-refractivity contribution in [2.45, 2.75) is 6.92 Å². The van der Waals surface area contributed by atoms with Gasteiger partial charge in [0.2, 0.25) is 0 Å². The van der Waals surface area contributed by atoms with E-state index in [0.29, 0.717) is 11.3 Å². The number of methoxy groups -OCH3 is 1. The number of benzene rings is 1. The largest absolute Gasteiger partial charge is 0.497 e. The lowest BCUT2D eigenvalue weighted by molar-refractivity contribution is -0.136. The Kier molecular flexibility index (Phi) is 2.72. The molecule has 0 bridgehead atoms. The number of ether oxygens (including phenoxy) is 1. The summed E-state index contributed by atoms with van der Waals surface area (Å²) in [5.74, 6) is 0.370. The molecule has 0 amide bonds. The fourth-order valence-corrected chi connectivity index (χ4v) is 1.39. The van der Waals surface area contributed by atoms with Crippen LogP contribution in [-0.2, 0) is 9.63 Å². The van der Waals surface area contributed by atoms with Gasteiger partial charge in [0.05, 0.1) is 18.4 Å². The Hall–Kier alpha value is -2.10. The minimum absolute atomic E-state index is 0.409. The first-order valence-electron chi connectivity index (χ1n) is 4.83. The molecule has 0 atom stereocenters. The standard InChI is InChI=1S/C12H11NO3/c1-8-11(12(14)16-13-8)7-9-3-5-10(15-2)6-4-9/h3-7H,1-2H3/b11-7-. The zero-order valence-corrected chi connectivity index (χ0v) is 9.06. The van der Waals surface area contributed by atoms with Crippen molar-refractivity contribution in [1.29, 1.82) is 0 Å². The van der Waals surface area contributed by atoms with Crippen LogP contribution in [0.3, 0.4) is 0 Å². The lowest BCUT2D eigenvalue weighted by atomic mass is 10.1. The lowest BCUT2D eigenvalue weighted by Gasteiger charge is -1.99. The van der Waals surface area contributed by atoms with Gasteiger partial charge in [0.1, 0.15) is 5.75 Å². The molecular formula is C12H11NO3. The molecule has 0 saturated carbocycles. The number of hydrogen-bond donors (Lipinski definition) is 0. The van der Waals surface area contributed by atoms with Crippen molar-refractivity contribution in [3.63, 3.8) is 0 Å². The zero-order valence-electron chi connectivity index (χ0n) is 9.06. The van der Waals surface area contributed by atoms with Crippen molar-refractivity contribution < 1.29 is 14.4 Å². The summed E-state index contributed by atoms with van der Waals surface area (Å²) in [6.45, 7) is 1.74. The van der Waals surface area contributed by atoms with Crippen LogP contribution in [0.4, 0.5) is 0 Å². The molecular weight excluding hydrogens is 206 g/mol. The topological polar surface area (TPSA) is 47.9 Å². The maximum atomic E-state index is 11.3. The van der Waals surface area contributed by atoms with Gasteiger partial charge < -0.3 is 9.57 Å². The molecule has 4 nitrogen and oxygen atoms in total. The summed E-state index contributed by atoms with van der Waals surface area (Å²) in [5, 5.41) is 3.60. The van der Waals surface area contributed by atoms with Crippen molar-refractivity contribution >= 4 is 17.8 Å².